The molecule has 1 rings (SSSR count). The van der Waals surface area contributed by atoms with E-state index in [9.17, 15) is 22.7 Å². The Kier molecular flexibility index (Phi) is 4.65. The Hall–Kier alpha value is -1.47. The Balaban J connectivity index is 3.28. The first-order valence-electron chi connectivity index (χ1n) is 5.59. The Bertz CT molecular complexity index is 573. The van der Waals surface area contributed by atoms with Crippen LogP contribution >= 0.6 is 0 Å². The predicted molar refractivity (Wildman–Crippen MR) is 69.1 cm³/mol. The van der Waals surface area contributed by atoms with Crippen LogP contribution in [0.5, 0.6) is 0 Å². The Morgan fingerprint density at radius 2 is 2.00 bits per heavy atom. The summed E-state index contributed by atoms with van der Waals surface area (Å²) in [6, 6.07) is 5.37. The molecule has 0 aromatic heterocycles. The predicted octanol–water partition coefficient (Wildman–Crippen LogP) is 0.542. The van der Waals surface area contributed by atoms with Crippen LogP contribution in [-0.4, -0.2) is 38.0 Å². The molecule has 7 heteroatoms. The van der Waals surface area contributed by atoms with Crippen LogP contribution in [-0.2, 0) is 20.0 Å². The van der Waals surface area contributed by atoms with Crippen molar-refractivity contribution in [2.45, 2.75) is 11.8 Å². The molecular formula is C12H16FNO4S. The molecule has 0 aliphatic rings. The van der Waals surface area contributed by atoms with Gasteiger partial charge in [-0.05, 0) is 12.5 Å². The van der Waals surface area contributed by atoms with E-state index in [0.29, 0.717) is 0 Å². The molecule has 0 aliphatic carbocycles. The molecule has 0 radical (unpaired) electrons. The molecule has 1 aromatic rings. The van der Waals surface area contributed by atoms with Gasteiger partial charge >= 0.3 is 5.97 Å². The molecule has 0 aliphatic heterocycles. The zero-order valence-electron chi connectivity index (χ0n) is 10.5. The van der Waals surface area contributed by atoms with Crippen molar-refractivity contribution >= 4 is 15.8 Å². The number of sulfone groups is 1. The molecule has 1 atom stereocenters. The number of benzene rings is 1. The van der Waals surface area contributed by atoms with Gasteiger partial charge in [-0.2, -0.15) is 0 Å². The van der Waals surface area contributed by atoms with Crippen molar-refractivity contribution in [2.24, 2.45) is 5.73 Å². The monoisotopic (exact) mass is 289 g/mol. The van der Waals surface area contributed by atoms with Gasteiger partial charge in [0.05, 0.1) is 5.75 Å². The average Bonchev–Trinajstić information content (AvgIpc) is 2.30. The van der Waals surface area contributed by atoms with Gasteiger partial charge in [-0.3, -0.25) is 4.79 Å². The summed E-state index contributed by atoms with van der Waals surface area (Å²) >= 11 is 0. The van der Waals surface area contributed by atoms with E-state index >= 15 is 0 Å². The maximum Gasteiger partial charge on any atom is 0.315 e. The first-order chi connectivity index (χ1) is 8.73. The normalized spacial score (nSPS) is 14.9. The molecule has 19 heavy (non-hydrogen) atoms. The minimum absolute atomic E-state index is 0.0892. The fourth-order valence-electron chi connectivity index (χ4n) is 1.87. The molecule has 1 unspecified atom stereocenters. The number of carboxylic acid groups (broad SMARTS) is 1. The van der Waals surface area contributed by atoms with Crippen LogP contribution in [0.2, 0.25) is 0 Å². The Morgan fingerprint density at radius 3 is 2.42 bits per heavy atom. The van der Waals surface area contributed by atoms with E-state index in [0.717, 1.165) is 12.3 Å². The number of hydrogen-bond donors (Lipinski definition) is 2. The smallest absolute Gasteiger partial charge is 0.315 e. The zero-order chi connectivity index (χ0) is 14.7. The third kappa shape index (κ3) is 3.51. The van der Waals surface area contributed by atoms with Gasteiger partial charge in [-0.1, -0.05) is 18.2 Å². The van der Waals surface area contributed by atoms with Crippen molar-refractivity contribution in [3.63, 3.8) is 0 Å². The largest absolute Gasteiger partial charge is 0.481 e. The molecule has 0 saturated carbocycles. The Morgan fingerprint density at radius 1 is 1.42 bits per heavy atom. The van der Waals surface area contributed by atoms with Gasteiger partial charge in [0, 0.05) is 18.4 Å². The van der Waals surface area contributed by atoms with Gasteiger partial charge in [0.25, 0.3) is 0 Å². The lowest BCUT2D eigenvalue weighted by atomic mass is 9.78. The summed E-state index contributed by atoms with van der Waals surface area (Å²) in [6.07, 6.45) is 0.732. The summed E-state index contributed by atoms with van der Waals surface area (Å²) in [5, 5.41) is 9.36. The molecule has 0 bridgehead atoms. The van der Waals surface area contributed by atoms with Crippen LogP contribution in [0.25, 0.3) is 0 Å². The second-order valence-electron chi connectivity index (χ2n) is 4.45. The number of carboxylic acids is 1. The topological polar surface area (TPSA) is 97.5 Å². The van der Waals surface area contributed by atoms with Crippen molar-refractivity contribution in [3.05, 3.63) is 35.6 Å². The van der Waals surface area contributed by atoms with Gasteiger partial charge in [0.1, 0.15) is 21.1 Å². The van der Waals surface area contributed by atoms with Crippen molar-refractivity contribution in [2.75, 3.05) is 18.6 Å². The van der Waals surface area contributed by atoms with Crippen molar-refractivity contribution < 1.29 is 22.7 Å². The fourth-order valence-corrected chi connectivity index (χ4v) is 2.58. The highest BCUT2D eigenvalue weighted by Gasteiger charge is 2.41. The van der Waals surface area contributed by atoms with Gasteiger partial charge < -0.3 is 10.8 Å². The van der Waals surface area contributed by atoms with E-state index in [1.165, 1.54) is 18.2 Å². The van der Waals surface area contributed by atoms with Gasteiger partial charge in [-0.15, -0.1) is 0 Å². The number of nitrogens with two attached hydrogens (primary N) is 1. The highest BCUT2D eigenvalue weighted by molar-refractivity contribution is 7.90. The Labute approximate surface area is 111 Å². The summed E-state index contributed by atoms with van der Waals surface area (Å²) in [6.45, 7) is -0.376. The molecule has 5 nitrogen and oxygen atoms in total. The van der Waals surface area contributed by atoms with Crippen molar-refractivity contribution in [3.8, 4) is 0 Å². The fraction of sp³-hybridized carbons (Fsp3) is 0.417. The zero-order valence-corrected chi connectivity index (χ0v) is 11.3. The SMILES string of the molecule is CS(=O)(=O)CCC(CN)(C(=O)O)c1ccccc1F. The number of aliphatic carboxylic acids is 1. The maximum atomic E-state index is 13.8. The molecule has 0 spiro atoms. The number of rotatable bonds is 6. The highest BCUT2D eigenvalue weighted by Crippen LogP contribution is 2.30. The highest BCUT2D eigenvalue weighted by atomic mass is 32.2. The maximum absolute atomic E-state index is 13.8. The molecule has 0 saturated heterocycles. The minimum atomic E-state index is -3.36. The van der Waals surface area contributed by atoms with Gasteiger partial charge in [0.15, 0.2) is 0 Å². The molecule has 1 aromatic carbocycles. The van der Waals surface area contributed by atoms with E-state index in [2.05, 4.69) is 0 Å². The summed E-state index contributed by atoms with van der Waals surface area (Å²) in [4.78, 5) is 11.5. The van der Waals surface area contributed by atoms with E-state index < -0.39 is 27.0 Å². The standard InChI is InChI=1S/C12H16FNO4S/c1-19(17,18)7-6-12(8-14,11(15)16)9-4-2-3-5-10(9)13/h2-5H,6-8,14H2,1H3,(H,15,16). The second-order valence-corrected chi connectivity index (χ2v) is 6.71. The van der Waals surface area contributed by atoms with E-state index in [-0.39, 0.29) is 24.3 Å². The van der Waals surface area contributed by atoms with Gasteiger partial charge in [0.2, 0.25) is 0 Å². The van der Waals surface area contributed by atoms with Crippen LogP contribution in [0, 0.1) is 5.82 Å². The van der Waals surface area contributed by atoms with E-state index in [1.54, 1.807) is 0 Å². The summed E-state index contributed by atoms with van der Waals surface area (Å²) in [7, 11) is -3.36. The summed E-state index contributed by atoms with van der Waals surface area (Å²) < 4.78 is 36.2. The second kappa shape index (κ2) is 5.66. The van der Waals surface area contributed by atoms with Gasteiger partial charge in [-0.25, -0.2) is 12.8 Å². The first kappa shape index (κ1) is 15.6. The molecular weight excluding hydrogens is 273 g/mol. The molecule has 106 valence electrons. The average molecular weight is 289 g/mol. The lowest BCUT2D eigenvalue weighted by Crippen LogP contribution is -2.45. The quantitative estimate of drug-likeness (QED) is 0.796. The van der Waals surface area contributed by atoms with Crippen LogP contribution in [0.3, 0.4) is 0 Å². The lowest BCUT2D eigenvalue weighted by molar-refractivity contribution is -0.143. The molecule has 3 N–H and O–H groups in total. The van der Waals surface area contributed by atoms with E-state index in [4.69, 9.17) is 5.73 Å². The van der Waals surface area contributed by atoms with Crippen LogP contribution in [0.15, 0.2) is 24.3 Å². The third-order valence-electron chi connectivity index (χ3n) is 3.05. The number of carbonyl (C=O) groups is 1. The van der Waals surface area contributed by atoms with Crippen molar-refractivity contribution in [1.82, 2.24) is 0 Å². The van der Waals surface area contributed by atoms with E-state index in [1.807, 2.05) is 0 Å². The van der Waals surface area contributed by atoms with Crippen LogP contribution in [0.4, 0.5) is 4.39 Å². The van der Waals surface area contributed by atoms with Crippen LogP contribution < -0.4 is 5.73 Å². The number of halogens is 1. The summed E-state index contributed by atoms with van der Waals surface area (Å²) in [5.41, 5.74) is 3.68. The lowest BCUT2D eigenvalue weighted by Gasteiger charge is -2.28. The minimum Gasteiger partial charge on any atom is -0.481 e. The third-order valence-corrected chi connectivity index (χ3v) is 3.99. The first-order valence-corrected chi connectivity index (χ1v) is 7.65. The van der Waals surface area contributed by atoms with Crippen LogP contribution in [0.1, 0.15) is 12.0 Å². The molecule has 0 heterocycles. The molecule has 0 fully saturated rings. The summed E-state index contributed by atoms with van der Waals surface area (Å²) in [5.74, 6) is -2.40. The molecule has 0 amide bonds. The number of hydrogen-bond acceptors (Lipinski definition) is 4. The van der Waals surface area contributed by atoms with Crippen molar-refractivity contribution in [1.29, 1.82) is 0 Å².